The molecule has 1 amide bonds. The van der Waals surface area contributed by atoms with Crippen molar-refractivity contribution in [3.8, 4) is 5.75 Å². The van der Waals surface area contributed by atoms with Crippen LogP contribution in [0.3, 0.4) is 0 Å². The lowest BCUT2D eigenvalue weighted by molar-refractivity contribution is -0.131. The van der Waals surface area contributed by atoms with E-state index in [1.165, 1.54) is 0 Å². The number of carbonyl (C=O) groups excluding carboxylic acids is 1. The maximum absolute atomic E-state index is 13.7. The van der Waals surface area contributed by atoms with E-state index in [1.54, 1.807) is 7.11 Å². The molecule has 1 unspecified atom stereocenters. The van der Waals surface area contributed by atoms with Crippen LogP contribution in [0.1, 0.15) is 44.1 Å². The third kappa shape index (κ3) is 3.79. The molecule has 1 fully saturated rings. The Balaban J connectivity index is 1.65. The molecule has 2 aromatic carbocycles. The van der Waals surface area contributed by atoms with Gasteiger partial charge in [0, 0.05) is 13.2 Å². The van der Waals surface area contributed by atoms with Crippen LogP contribution < -0.4 is 10.1 Å². The minimum Gasteiger partial charge on any atom is -0.497 e. The lowest BCUT2D eigenvalue weighted by atomic mass is 9.73. The number of ether oxygens (including phenoxy) is 2. The van der Waals surface area contributed by atoms with E-state index in [2.05, 4.69) is 24.1 Å². The van der Waals surface area contributed by atoms with Crippen LogP contribution in [0.25, 0.3) is 11.0 Å². The number of fused-ring (bicyclic) bond motifs is 1. The van der Waals surface area contributed by atoms with Gasteiger partial charge < -0.3 is 19.8 Å². The lowest BCUT2D eigenvalue weighted by Crippen LogP contribution is -2.49. The number of rotatable bonds is 6. The number of para-hydroxylation sites is 2. The molecule has 0 radical (unpaired) electrons. The van der Waals surface area contributed by atoms with Gasteiger partial charge in [-0.2, -0.15) is 0 Å². The quantitative estimate of drug-likeness (QED) is 0.644. The minimum absolute atomic E-state index is 0.0233. The van der Waals surface area contributed by atoms with Crippen molar-refractivity contribution in [3.63, 3.8) is 0 Å². The van der Waals surface area contributed by atoms with Crippen LogP contribution in [-0.4, -0.2) is 36.2 Å². The number of hydrogen-bond donors (Lipinski definition) is 2. The Morgan fingerprint density at radius 1 is 1.13 bits per heavy atom. The first kappa shape index (κ1) is 20.4. The van der Waals surface area contributed by atoms with Gasteiger partial charge in [0.25, 0.3) is 0 Å². The second-order valence-corrected chi connectivity index (χ2v) is 8.26. The minimum atomic E-state index is -0.621. The Kier molecular flexibility index (Phi) is 5.77. The molecule has 1 saturated heterocycles. The van der Waals surface area contributed by atoms with Gasteiger partial charge in [0.2, 0.25) is 5.91 Å². The van der Waals surface area contributed by atoms with Gasteiger partial charge in [-0.15, -0.1) is 0 Å². The first-order valence-corrected chi connectivity index (χ1v) is 10.5. The number of imidazole rings is 1. The number of carbonyl (C=O) groups is 1. The number of benzene rings is 2. The molecule has 1 aliphatic rings. The molecule has 1 aromatic heterocycles. The van der Waals surface area contributed by atoms with Crippen LogP contribution in [0.15, 0.2) is 48.5 Å². The first-order chi connectivity index (χ1) is 14.5. The van der Waals surface area contributed by atoms with Gasteiger partial charge in [0.15, 0.2) is 0 Å². The Morgan fingerprint density at radius 3 is 2.47 bits per heavy atom. The van der Waals surface area contributed by atoms with Gasteiger partial charge in [0.1, 0.15) is 11.6 Å². The van der Waals surface area contributed by atoms with E-state index in [0.717, 1.165) is 28.2 Å². The Bertz CT molecular complexity index is 971. The normalized spacial score (nSPS) is 17.1. The van der Waals surface area contributed by atoms with Crippen molar-refractivity contribution < 1.29 is 14.3 Å². The third-order valence-corrected chi connectivity index (χ3v) is 6.08. The summed E-state index contributed by atoms with van der Waals surface area (Å²) in [6.07, 6.45) is 1.30. The van der Waals surface area contributed by atoms with E-state index < -0.39 is 5.41 Å². The molecule has 30 heavy (non-hydrogen) atoms. The number of H-pyrrole nitrogens is 1. The summed E-state index contributed by atoms with van der Waals surface area (Å²) in [5.41, 5.74) is 2.26. The summed E-state index contributed by atoms with van der Waals surface area (Å²) in [6, 6.07) is 15.5. The summed E-state index contributed by atoms with van der Waals surface area (Å²) in [7, 11) is 1.65. The molecule has 0 spiro atoms. The van der Waals surface area contributed by atoms with Crippen LogP contribution in [-0.2, 0) is 14.9 Å². The van der Waals surface area contributed by atoms with Crippen LogP contribution in [0.5, 0.6) is 5.75 Å². The van der Waals surface area contributed by atoms with Gasteiger partial charge in [-0.1, -0.05) is 38.1 Å². The summed E-state index contributed by atoms with van der Waals surface area (Å²) in [4.78, 5) is 21.9. The maximum Gasteiger partial charge on any atom is 0.231 e. The van der Waals surface area contributed by atoms with E-state index >= 15 is 0 Å². The van der Waals surface area contributed by atoms with Gasteiger partial charge >= 0.3 is 0 Å². The summed E-state index contributed by atoms with van der Waals surface area (Å²) < 4.78 is 10.9. The molecule has 3 aromatic rings. The molecule has 0 aliphatic carbocycles. The van der Waals surface area contributed by atoms with Crippen molar-refractivity contribution in [2.24, 2.45) is 5.92 Å². The monoisotopic (exact) mass is 407 g/mol. The molecular formula is C24H29N3O3. The fraction of sp³-hybridized carbons (Fsp3) is 0.417. The smallest absolute Gasteiger partial charge is 0.231 e. The van der Waals surface area contributed by atoms with E-state index in [1.807, 2.05) is 48.5 Å². The first-order valence-electron chi connectivity index (χ1n) is 10.5. The Morgan fingerprint density at radius 2 is 1.83 bits per heavy atom. The van der Waals surface area contributed by atoms with E-state index in [-0.39, 0.29) is 17.9 Å². The molecule has 4 rings (SSSR count). The number of nitrogens with one attached hydrogen (secondary N) is 2. The van der Waals surface area contributed by atoms with Crippen molar-refractivity contribution in [3.05, 3.63) is 59.9 Å². The van der Waals surface area contributed by atoms with Gasteiger partial charge in [0.05, 0.1) is 29.6 Å². The highest BCUT2D eigenvalue weighted by atomic mass is 16.5. The fourth-order valence-corrected chi connectivity index (χ4v) is 4.23. The Hall–Kier alpha value is -2.86. The Labute approximate surface area is 177 Å². The second-order valence-electron chi connectivity index (χ2n) is 8.26. The van der Waals surface area contributed by atoms with E-state index in [9.17, 15) is 4.79 Å². The molecule has 0 saturated carbocycles. The number of aromatic nitrogens is 2. The molecule has 1 aliphatic heterocycles. The van der Waals surface area contributed by atoms with Crippen molar-refractivity contribution in [2.75, 3.05) is 20.3 Å². The zero-order chi connectivity index (χ0) is 21.1. The molecule has 1 atom stereocenters. The van der Waals surface area contributed by atoms with Gasteiger partial charge in [-0.25, -0.2) is 4.98 Å². The highest BCUT2D eigenvalue weighted by Gasteiger charge is 2.43. The molecule has 2 N–H and O–H groups in total. The average Bonchev–Trinajstić information content (AvgIpc) is 3.21. The largest absolute Gasteiger partial charge is 0.497 e. The van der Waals surface area contributed by atoms with Crippen LogP contribution in [0.2, 0.25) is 0 Å². The molecule has 6 nitrogen and oxygen atoms in total. The highest BCUT2D eigenvalue weighted by molar-refractivity contribution is 5.89. The van der Waals surface area contributed by atoms with Crippen LogP contribution in [0.4, 0.5) is 0 Å². The summed E-state index contributed by atoms with van der Waals surface area (Å²) in [5, 5.41) is 3.31. The number of methoxy groups -OCH3 is 1. The molecule has 0 bridgehead atoms. The van der Waals surface area contributed by atoms with Crippen LogP contribution >= 0.6 is 0 Å². The standard InChI is InChI=1S/C24H29N3O3/c1-16(2)21(22-25-19-6-4-5-7-20(19)26-22)27-23(28)24(12-14-30-15-13-24)17-8-10-18(29-3)11-9-17/h4-11,16,21H,12-15H2,1-3H3,(H,25,26)(H,27,28). The van der Waals surface area contributed by atoms with E-state index in [0.29, 0.717) is 26.1 Å². The van der Waals surface area contributed by atoms with Crippen molar-refractivity contribution in [1.82, 2.24) is 15.3 Å². The zero-order valence-electron chi connectivity index (χ0n) is 17.8. The molecule has 2 heterocycles. The molecular weight excluding hydrogens is 378 g/mol. The molecule has 158 valence electrons. The van der Waals surface area contributed by atoms with Crippen molar-refractivity contribution >= 4 is 16.9 Å². The summed E-state index contributed by atoms with van der Waals surface area (Å²) >= 11 is 0. The molecule has 6 heteroatoms. The number of amides is 1. The lowest BCUT2D eigenvalue weighted by Gasteiger charge is -2.37. The number of nitrogens with zero attached hydrogens (tertiary/aromatic N) is 1. The van der Waals surface area contributed by atoms with Gasteiger partial charge in [-0.05, 0) is 48.6 Å². The predicted octanol–water partition coefficient (Wildman–Crippen LogP) is 4.13. The maximum atomic E-state index is 13.7. The summed E-state index contributed by atoms with van der Waals surface area (Å²) in [6.45, 7) is 5.33. The van der Waals surface area contributed by atoms with Crippen molar-refractivity contribution in [1.29, 1.82) is 0 Å². The summed E-state index contributed by atoms with van der Waals surface area (Å²) in [5.74, 6) is 1.78. The SMILES string of the molecule is COc1ccc(C2(C(=O)NC(c3nc4ccccc4[nH]3)C(C)C)CCOCC2)cc1. The third-order valence-electron chi connectivity index (χ3n) is 6.08. The number of aromatic amines is 1. The van der Waals surface area contributed by atoms with Gasteiger partial charge in [-0.3, -0.25) is 4.79 Å². The topological polar surface area (TPSA) is 76.2 Å². The zero-order valence-corrected chi connectivity index (χ0v) is 17.8. The highest BCUT2D eigenvalue weighted by Crippen LogP contribution is 2.37. The van der Waals surface area contributed by atoms with Crippen molar-refractivity contribution in [2.45, 2.75) is 38.1 Å². The predicted molar refractivity (Wildman–Crippen MR) is 117 cm³/mol. The van der Waals surface area contributed by atoms with Crippen LogP contribution in [0, 0.1) is 5.92 Å². The average molecular weight is 408 g/mol. The fourth-order valence-electron chi connectivity index (χ4n) is 4.23. The second kappa shape index (κ2) is 8.48. The van der Waals surface area contributed by atoms with E-state index in [4.69, 9.17) is 14.5 Å². The number of hydrogen-bond acceptors (Lipinski definition) is 4.